The highest BCUT2D eigenvalue weighted by atomic mass is 19.3. The van der Waals surface area contributed by atoms with Crippen LogP contribution in [-0.4, -0.2) is 34.8 Å². The minimum absolute atomic E-state index is 0.128. The maximum absolute atomic E-state index is 13.5. The van der Waals surface area contributed by atoms with Crippen LogP contribution in [0.25, 0.3) is 10.8 Å². The van der Waals surface area contributed by atoms with E-state index in [9.17, 15) is 8.78 Å². The van der Waals surface area contributed by atoms with E-state index in [1.165, 1.54) is 0 Å². The second-order valence-electron chi connectivity index (χ2n) is 7.21. The lowest BCUT2D eigenvalue weighted by Crippen LogP contribution is -2.39. The van der Waals surface area contributed by atoms with Crippen LogP contribution in [0, 0.1) is 0 Å². The Balaban J connectivity index is 1.42. The number of aliphatic imine (C=N–C) groups is 1. The molecule has 142 valence electrons. The predicted molar refractivity (Wildman–Crippen MR) is 106 cm³/mol. The summed E-state index contributed by atoms with van der Waals surface area (Å²) in [6.07, 6.45) is 3.24. The Hall–Kier alpha value is -3.09. The normalized spacial score (nSPS) is 18.1. The molecular formula is C21H19F2N5. The monoisotopic (exact) mass is 379 g/mol. The number of aromatic nitrogens is 2. The van der Waals surface area contributed by atoms with Crippen molar-refractivity contribution >= 4 is 28.1 Å². The maximum atomic E-state index is 13.5. The van der Waals surface area contributed by atoms with E-state index in [-0.39, 0.29) is 12.8 Å². The number of amidine groups is 1. The SMILES string of the molecule is FC1(F)CCN(c2nccc3cc(NC4=NCc5cccnc54)ccc23)CC1. The molecule has 4 heterocycles. The van der Waals surface area contributed by atoms with Crippen LogP contribution in [0.5, 0.6) is 0 Å². The zero-order valence-corrected chi connectivity index (χ0v) is 15.2. The van der Waals surface area contributed by atoms with Crippen molar-refractivity contribution in [3.63, 3.8) is 0 Å². The molecule has 7 heteroatoms. The number of rotatable bonds is 2. The molecule has 1 aromatic carbocycles. The molecule has 2 aliphatic rings. The van der Waals surface area contributed by atoms with Gasteiger partial charge in [-0.2, -0.15) is 0 Å². The predicted octanol–water partition coefficient (Wildman–Crippen LogP) is 4.24. The Bertz CT molecular complexity index is 1070. The first-order valence-corrected chi connectivity index (χ1v) is 9.36. The maximum Gasteiger partial charge on any atom is 0.251 e. The first-order valence-electron chi connectivity index (χ1n) is 9.36. The van der Waals surface area contributed by atoms with E-state index in [1.54, 1.807) is 12.4 Å². The molecule has 0 saturated carbocycles. The summed E-state index contributed by atoms with van der Waals surface area (Å²) in [5, 5.41) is 5.32. The molecule has 1 fully saturated rings. The van der Waals surface area contributed by atoms with Crippen LogP contribution in [0.15, 0.2) is 53.8 Å². The number of halogens is 2. The fourth-order valence-corrected chi connectivity index (χ4v) is 3.79. The van der Waals surface area contributed by atoms with E-state index in [1.807, 2.05) is 41.3 Å². The van der Waals surface area contributed by atoms with Crippen LogP contribution in [0.2, 0.25) is 0 Å². The zero-order valence-electron chi connectivity index (χ0n) is 15.2. The van der Waals surface area contributed by atoms with Gasteiger partial charge < -0.3 is 10.2 Å². The Kier molecular flexibility index (Phi) is 3.96. The van der Waals surface area contributed by atoms with Crippen molar-refractivity contribution in [3.05, 3.63) is 60.0 Å². The average Bonchev–Trinajstić information content (AvgIpc) is 3.10. The fourth-order valence-electron chi connectivity index (χ4n) is 3.79. The first-order chi connectivity index (χ1) is 13.6. The number of hydrogen-bond donors (Lipinski definition) is 1. The quantitative estimate of drug-likeness (QED) is 0.724. The van der Waals surface area contributed by atoms with Gasteiger partial charge in [0.25, 0.3) is 5.92 Å². The first kappa shape index (κ1) is 17.0. The number of nitrogens with one attached hydrogen (secondary N) is 1. The number of hydrogen-bond acceptors (Lipinski definition) is 5. The lowest BCUT2D eigenvalue weighted by atomic mass is 10.1. The molecule has 3 aromatic rings. The van der Waals surface area contributed by atoms with Crippen molar-refractivity contribution in [1.29, 1.82) is 0 Å². The second-order valence-corrected chi connectivity index (χ2v) is 7.21. The summed E-state index contributed by atoms with van der Waals surface area (Å²) in [4.78, 5) is 15.4. The van der Waals surface area contributed by atoms with Crippen LogP contribution in [0.4, 0.5) is 20.3 Å². The number of piperidine rings is 1. The van der Waals surface area contributed by atoms with Crippen molar-refractivity contribution in [2.24, 2.45) is 4.99 Å². The molecule has 5 rings (SSSR count). The highest BCUT2D eigenvalue weighted by Crippen LogP contribution is 2.33. The van der Waals surface area contributed by atoms with Crippen molar-refractivity contribution in [1.82, 2.24) is 9.97 Å². The largest absolute Gasteiger partial charge is 0.356 e. The van der Waals surface area contributed by atoms with Gasteiger partial charge in [-0.05, 0) is 35.7 Å². The summed E-state index contributed by atoms with van der Waals surface area (Å²) < 4.78 is 27.0. The standard InChI is InChI=1S/C21H19F2N5/c22-21(23)6-10-28(11-7-21)20-17-4-3-16(12-14(17)5-9-25-20)27-19-18-15(13-26-19)2-1-8-24-18/h1-5,8-9,12H,6-7,10-11,13H2,(H,26,27). The van der Waals surface area contributed by atoms with Gasteiger partial charge in [-0.25, -0.2) is 13.8 Å². The van der Waals surface area contributed by atoms with Crippen molar-refractivity contribution in [3.8, 4) is 0 Å². The van der Waals surface area contributed by atoms with Crippen LogP contribution in [0.3, 0.4) is 0 Å². The van der Waals surface area contributed by atoms with Crippen LogP contribution in [-0.2, 0) is 6.54 Å². The van der Waals surface area contributed by atoms with Crippen molar-refractivity contribution in [2.75, 3.05) is 23.3 Å². The molecule has 1 saturated heterocycles. The molecule has 28 heavy (non-hydrogen) atoms. The minimum atomic E-state index is -2.56. The lowest BCUT2D eigenvalue weighted by Gasteiger charge is -2.33. The molecule has 0 amide bonds. The Morgan fingerprint density at radius 2 is 1.86 bits per heavy atom. The van der Waals surface area contributed by atoms with E-state index >= 15 is 0 Å². The minimum Gasteiger partial charge on any atom is -0.356 e. The van der Waals surface area contributed by atoms with Crippen molar-refractivity contribution in [2.45, 2.75) is 25.3 Å². The van der Waals surface area contributed by atoms with E-state index in [2.05, 4.69) is 20.3 Å². The molecule has 0 bridgehead atoms. The lowest BCUT2D eigenvalue weighted by molar-refractivity contribution is -0.0221. The summed E-state index contributed by atoms with van der Waals surface area (Å²) in [5.41, 5.74) is 2.90. The summed E-state index contributed by atoms with van der Waals surface area (Å²) in [6, 6.07) is 11.9. The number of fused-ring (bicyclic) bond motifs is 2. The molecule has 2 aliphatic heterocycles. The Labute approximate surface area is 161 Å². The zero-order chi connectivity index (χ0) is 19.1. The summed E-state index contributed by atoms with van der Waals surface area (Å²) >= 11 is 0. The third-order valence-corrected chi connectivity index (χ3v) is 5.32. The number of nitrogens with zero attached hydrogens (tertiary/aromatic N) is 4. The number of alkyl halides is 2. The molecule has 0 unspecified atom stereocenters. The average molecular weight is 379 g/mol. The molecule has 5 nitrogen and oxygen atoms in total. The van der Waals surface area contributed by atoms with Gasteiger partial charge in [0.1, 0.15) is 11.5 Å². The highest BCUT2D eigenvalue weighted by Gasteiger charge is 2.34. The van der Waals surface area contributed by atoms with Gasteiger partial charge in [-0.3, -0.25) is 9.98 Å². The highest BCUT2D eigenvalue weighted by molar-refractivity contribution is 6.10. The van der Waals surface area contributed by atoms with Gasteiger partial charge >= 0.3 is 0 Å². The van der Waals surface area contributed by atoms with Crippen LogP contribution >= 0.6 is 0 Å². The van der Waals surface area contributed by atoms with Gasteiger partial charge in [0, 0.05) is 55.0 Å². The van der Waals surface area contributed by atoms with Gasteiger partial charge in [0.15, 0.2) is 5.84 Å². The van der Waals surface area contributed by atoms with Crippen LogP contribution in [0.1, 0.15) is 24.1 Å². The fraction of sp³-hybridized carbons (Fsp3) is 0.286. The van der Waals surface area contributed by atoms with Gasteiger partial charge in [0.05, 0.1) is 6.54 Å². The van der Waals surface area contributed by atoms with E-state index in [0.717, 1.165) is 39.4 Å². The Morgan fingerprint density at radius 1 is 1.00 bits per heavy atom. The summed E-state index contributed by atoms with van der Waals surface area (Å²) in [6.45, 7) is 1.27. The van der Waals surface area contributed by atoms with Gasteiger partial charge in [-0.15, -0.1) is 0 Å². The molecule has 1 N–H and O–H groups in total. The molecule has 0 spiro atoms. The second kappa shape index (κ2) is 6.51. The van der Waals surface area contributed by atoms with Gasteiger partial charge in [0.2, 0.25) is 0 Å². The third-order valence-electron chi connectivity index (χ3n) is 5.32. The molecule has 0 aliphatic carbocycles. The topological polar surface area (TPSA) is 53.4 Å². The van der Waals surface area contributed by atoms with Crippen molar-refractivity contribution < 1.29 is 8.78 Å². The number of anilines is 2. The van der Waals surface area contributed by atoms with Gasteiger partial charge in [-0.1, -0.05) is 6.07 Å². The molecule has 0 radical (unpaired) electrons. The van der Waals surface area contributed by atoms with Crippen LogP contribution < -0.4 is 10.2 Å². The summed E-state index contributed by atoms with van der Waals surface area (Å²) in [7, 11) is 0. The van der Waals surface area contributed by atoms with E-state index in [0.29, 0.717) is 19.6 Å². The molecular weight excluding hydrogens is 360 g/mol. The Morgan fingerprint density at radius 3 is 2.71 bits per heavy atom. The number of pyridine rings is 2. The third kappa shape index (κ3) is 3.06. The molecule has 2 aromatic heterocycles. The smallest absolute Gasteiger partial charge is 0.251 e. The number of benzene rings is 1. The molecule has 0 atom stereocenters. The van der Waals surface area contributed by atoms with E-state index in [4.69, 9.17) is 0 Å². The van der Waals surface area contributed by atoms with E-state index < -0.39 is 5.92 Å². The summed E-state index contributed by atoms with van der Waals surface area (Å²) in [5.74, 6) is -1.03.